The average molecular weight is 301 g/mol. The Morgan fingerprint density at radius 1 is 1.33 bits per heavy atom. The highest BCUT2D eigenvalue weighted by Gasteiger charge is 2.13. The van der Waals surface area contributed by atoms with Gasteiger partial charge in [0.2, 0.25) is 0 Å². The monoisotopic (exact) mass is 300 g/mol. The number of nitrogens with zero attached hydrogens (tertiary/aromatic N) is 4. The number of anilines is 1. The number of rotatable bonds is 5. The molecule has 1 heterocycles. The summed E-state index contributed by atoms with van der Waals surface area (Å²) >= 11 is 6.18. The second kappa shape index (κ2) is 7.05. The largest absolute Gasteiger partial charge is 0.355 e. The van der Waals surface area contributed by atoms with Crippen LogP contribution in [0.5, 0.6) is 0 Å². The van der Waals surface area contributed by atoms with Crippen LogP contribution in [-0.2, 0) is 13.0 Å². The normalized spacial score (nSPS) is 10.2. The molecule has 0 aliphatic heterocycles. The van der Waals surface area contributed by atoms with Gasteiger partial charge in [-0.15, -0.1) is 0 Å². The third kappa shape index (κ3) is 3.71. The van der Waals surface area contributed by atoms with Gasteiger partial charge in [-0.1, -0.05) is 37.1 Å². The fraction of sp³-hybridized carbons (Fsp3) is 0.312. The van der Waals surface area contributed by atoms with Gasteiger partial charge < -0.3 is 4.90 Å². The predicted octanol–water partition coefficient (Wildman–Crippen LogP) is 3.59. The van der Waals surface area contributed by atoms with E-state index in [1.54, 1.807) is 6.07 Å². The summed E-state index contributed by atoms with van der Waals surface area (Å²) in [6.45, 7) is 2.77. The van der Waals surface area contributed by atoms with Crippen molar-refractivity contribution in [2.45, 2.75) is 26.3 Å². The molecule has 0 saturated heterocycles. The Labute approximate surface area is 130 Å². The predicted molar refractivity (Wildman–Crippen MR) is 84.3 cm³/mol. The van der Waals surface area contributed by atoms with Crippen LogP contribution in [0, 0.1) is 11.3 Å². The molecular formula is C16H17ClN4. The van der Waals surface area contributed by atoms with Crippen molar-refractivity contribution < 1.29 is 0 Å². The zero-order valence-corrected chi connectivity index (χ0v) is 12.9. The molecule has 108 valence electrons. The van der Waals surface area contributed by atoms with Gasteiger partial charge in [-0.05, 0) is 24.1 Å². The first-order chi connectivity index (χ1) is 10.2. The van der Waals surface area contributed by atoms with Crippen LogP contribution in [0.4, 0.5) is 5.82 Å². The molecule has 0 radical (unpaired) electrons. The lowest BCUT2D eigenvalue weighted by Gasteiger charge is -2.21. The van der Waals surface area contributed by atoms with Gasteiger partial charge in [0.05, 0.1) is 11.6 Å². The highest BCUT2D eigenvalue weighted by Crippen LogP contribution is 2.25. The molecule has 0 amide bonds. The molecule has 0 atom stereocenters. The van der Waals surface area contributed by atoms with E-state index in [4.69, 9.17) is 16.9 Å². The molecule has 5 heteroatoms. The molecule has 1 aromatic carbocycles. The molecule has 0 N–H and O–H groups in total. The summed E-state index contributed by atoms with van der Waals surface area (Å²) in [6, 6.07) is 9.73. The standard InChI is InChI=1S/C16H17ClN4/c1-3-5-14-15(17)19-11-20-16(14)21(2)10-13-7-4-6-12(8-13)9-18/h4,6-8,11H,3,5,10H2,1-2H3. The Bertz CT molecular complexity index is 664. The maximum Gasteiger partial charge on any atom is 0.137 e. The molecule has 2 aromatic rings. The van der Waals surface area contributed by atoms with Gasteiger partial charge in [-0.3, -0.25) is 0 Å². The lowest BCUT2D eigenvalue weighted by Crippen LogP contribution is -2.20. The third-order valence-corrected chi connectivity index (χ3v) is 3.53. The summed E-state index contributed by atoms with van der Waals surface area (Å²) in [6.07, 6.45) is 3.31. The van der Waals surface area contributed by atoms with E-state index in [1.165, 1.54) is 6.33 Å². The maximum atomic E-state index is 8.96. The fourth-order valence-corrected chi connectivity index (χ4v) is 2.49. The quantitative estimate of drug-likeness (QED) is 0.792. The van der Waals surface area contributed by atoms with Crippen molar-refractivity contribution in [1.82, 2.24) is 9.97 Å². The summed E-state index contributed by atoms with van der Waals surface area (Å²) in [4.78, 5) is 10.5. The van der Waals surface area contributed by atoms with Gasteiger partial charge in [0, 0.05) is 19.2 Å². The van der Waals surface area contributed by atoms with E-state index in [2.05, 4.69) is 23.0 Å². The molecule has 4 nitrogen and oxygen atoms in total. The molecule has 0 fully saturated rings. The van der Waals surface area contributed by atoms with Crippen molar-refractivity contribution in [2.75, 3.05) is 11.9 Å². The summed E-state index contributed by atoms with van der Waals surface area (Å²) in [5, 5.41) is 9.48. The minimum atomic E-state index is 0.513. The van der Waals surface area contributed by atoms with Crippen LogP contribution < -0.4 is 4.90 Å². The molecule has 1 aromatic heterocycles. The zero-order valence-electron chi connectivity index (χ0n) is 12.2. The van der Waals surface area contributed by atoms with E-state index in [0.717, 1.165) is 29.8 Å². The molecular weight excluding hydrogens is 284 g/mol. The SMILES string of the molecule is CCCc1c(Cl)ncnc1N(C)Cc1cccc(C#N)c1. The summed E-state index contributed by atoms with van der Waals surface area (Å²) in [5.74, 6) is 0.846. The highest BCUT2D eigenvalue weighted by molar-refractivity contribution is 6.30. The summed E-state index contributed by atoms with van der Waals surface area (Å²) in [5.41, 5.74) is 2.70. The van der Waals surface area contributed by atoms with Gasteiger partial charge in [0.15, 0.2) is 0 Å². The van der Waals surface area contributed by atoms with Crippen molar-refractivity contribution in [3.8, 4) is 6.07 Å². The molecule has 0 spiro atoms. The Balaban J connectivity index is 2.26. The van der Waals surface area contributed by atoms with Crippen molar-refractivity contribution in [3.63, 3.8) is 0 Å². The second-order valence-electron chi connectivity index (χ2n) is 4.88. The first kappa shape index (κ1) is 15.3. The van der Waals surface area contributed by atoms with Gasteiger partial charge in [-0.25, -0.2) is 9.97 Å². The number of nitriles is 1. The topological polar surface area (TPSA) is 52.8 Å². The van der Waals surface area contributed by atoms with E-state index < -0.39 is 0 Å². The van der Waals surface area contributed by atoms with Gasteiger partial charge >= 0.3 is 0 Å². The molecule has 0 bridgehead atoms. The minimum absolute atomic E-state index is 0.513. The van der Waals surface area contributed by atoms with E-state index in [-0.39, 0.29) is 0 Å². The molecule has 0 unspecified atom stereocenters. The number of halogens is 1. The minimum Gasteiger partial charge on any atom is -0.355 e. The molecule has 0 aliphatic carbocycles. The van der Waals surface area contributed by atoms with Crippen molar-refractivity contribution in [3.05, 3.63) is 52.4 Å². The van der Waals surface area contributed by atoms with Gasteiger partial charge in [0.25, 0.3) is 0 Å². The van der Waals surface area contributed by atoms with E-state index in [9.17, 15) is 0 Å². The summed E-state index contributed by atoms with van der Waals surface area (Å²) in [7, 11) is 1.97. The van der Waals surface area contributed by atoms with Crippen LogP contribution in [0.3, 0.4) is 0 Å². The number of hydrogen-bond acceptors (Lipinski definition) is 4. The van der Waals surface area contributed by atoms with Gasteiger partial charge in [0.1, 0.15) is 17.3 Å². The number of hydrogen-bond donors (Lipinski definition) is 0. The second-order valence-corrected chi connectivity index (χ2v) is 5.24. The van der Waals surface area contributed by atoms with E-state index >= 15 is 0 Å². The Morgan fingerprint density at radius 2 is 2.14 bits per heavy atom. The Hall–Kier alpha value is -2.12. The van der Waals surface area contributed by atoms with Gasteiger partial charge in [-0.2, -0.15) is 5.26 Å². The average Bonchev–Trinajstić information content (AvgIpc) is 2.49. The molecule has 2 rings (SSSR count). The smallest absolute Gasteiger partial charge is 0.137 e. The first-order valence-corrected chi connectivity index (χ1v) is 7.23. The van der Waals surface area contributed by atoms with Crippen LogP contribution >= 0.6 is 11.6 Å². The van der Waals surface area contributed by atoms with Crippen LogP contribution in [0.15, 0.2) is 30.6 Å². The Kier molecular flexibility index (Phi) is 5.13. The number of benzene rings is 1. The lowest BCUT2D eigenvalue weighted by atomic mass is 10.1. The molecule has 21 heavy (non-hydrogen) atoms. The number of aromatic nitrogens is 2. The van der Waals surface area contributed by atoms with Crippen molar-refractivity contribution in [2.24, 2.45) is 0 Å². The van der Waals surface area contributed by atoms with Crippen molar-refractivity contribution >= 4 is 17.4 Å². The fourth-order valence-electron chi connectivity index (χ4n) is 2.26. The maximum absolute atomic E-state index is 8.96. The zero-order chi connectivity index (χ0) is 15.2. The summed E-state index contributed by atoms with van der Waals surface area (Å²) < 4.78 is 0. The first-order valence-electron chi connectivity index (χ1n) is 6.85. The van der Waals surface area contributed by atoms with E-state index in [1.807, 2.05) is 30.1 Å². The lowest BCUT2D eigenvalue weighted by molar-refractivity contribution is 0.842. The Morgan fingerprint density at radius 3 is 2.86 bits per heavy atom. The van der Waals surface area contributed by atoms with Crippen LogP contribution in [0.1, 0.15) is 30.0 Å². The van der Waals surface area contributed by atoms with Crippen LogP contribution in [-0.4, -0.2) is 17.0 Å². The third-order valence-electron chi connectivity index (χ3n) is 3.21. The van der Waals surface area contributed by atoms with Crippen LogP contribution in [0.2, 0.25) is 5.15 Å². The van der Waals surface area contributed by atoms with Crippen molar-refractivity contribution in [1.29, 1.82) is 5.26 Å². The van der Waals surface area contributed by atoms with E-state index in [0.29, 0.717) is 17.3 Å². The molecule has 0 saturated carbocycles. The highest BCUT2D eigenvalue weighted by atomic mass is 35.5. The molecule has 0 aliphatic rings. The van der Waals surface area contributed by atoms with Crippen LogP contribution in [0.25, 0.3) is 0 Å².